The number of rotatable bonds is 6. The molecule has 3 heterocycles. The molecule has 0 saturated heterocycles. The maximum Gasteiger partial charge on any atom is 0.145 e. The molecule has 0 fully saturated rings. The molecule has 4 heteroatoms. The standard InChI is InChI=1S/C54H34N2O2/c1-2-17-35(18-3-1)55(44-26-10-6-21-38(44)40-25-16-32-51-52(40)43-24-9-15-31-50(43)57-51)48-34-33-41-39-22-8-14-30-49(39)58-54(41)53(48)42-23-7-13-29-47(42)56-45-27-11-4-19-36(45)37-20-5-12-28-46(37)56/h1-34H. The van der Waals surface area contributed by atoms with E-state index in [9.17, 15) is 0 Å². The fourth-order valence-corrected chi connectivity index (χ4v) is 9.17. The maximum atomic E-state index is 7.01. The van der Waals surface area contributed by atoms with Gasteiger partial charge in [-0.25, -0.2) is 0 Å². The van der Waals surface area contributed by atoms with Crippen molar-refractivity contribution in [1.29, 1.82) is 0 Å². The van der Waals surface area contributed by atoms with Gasteiger partial charge in [-0.3, -0.25) is 0 Å². The van der Waals surface area contributed by atoms with Crippen LogP contribution in [0.3, 0.4) is 0 Å². The van der Waals surface area contributed by atoms with Gasteiger partial charge in [0.15, 0.2) is 0 Å². The Kier molecular flexibility index (Phi) is 7.20. The molecule has 9 aromatic carbocycles. The monoisotopic (exact) mass is 742 g/mol. The van der Waals surface area contributed by atoms with E-state index in [0.29, 0.717) is 0 Å². The van der Waals surface area contributed by atoms with Crippen LogP contribution in [-0.4, -0.2) is 4.57 Å². The van der Waals surface area contributed by atoms with Gasteiger partial charge < -0.3 is 18.3 Å². The molecule has 0 N–H and O–H groups in total. The minimum Gasteiger partial charge on any atom is -0.456 e. The van der Waals surface area contributed by atoms with Gasteiger partial charge in [-0.15, -0.1) is 0 Å². The SMILES string of the molecule is c1ccc(N(c2ccccc2-c2cccc3oc4ccccc4c23)c2ccc3c(oc4ccccc43)c2-c2ccccc2-n2c3ccccc3c3ccccc32)cc1. The van der Waals surface area contributed by atoms with Crippen LogP contribution in [0.5, 0.6) is 0 Å². The first-order chi connectivity index (χ1) is 28.8. The van der Waals surface area contributed by atoms with E-state index in [1.807, 2.05) is 18.2 Å². The molecule has 0 aliphatic carbocycles. The Morgan fingerprint density at radius 2 is 0.914 bits per heavy atom. The van der Waals surface area contributed by atoms with Gasteiger partial charge >= 0.3 is 0 Å². The molecule has 12 rings (SSSR count). The number of aromatic nitrogens is 1. The van der Waals surface area contributed by atoms with Crippen LogP contribution in [0.4, 0.5) is 17.1 Å². The summed E-state index contributed by atoms with van der Waals surface area (Å²) in [5, 5.41) is 6.79. The Hall–Kier alpha value is -7.82. The van der Waals surface area contributed by atoms with Crippen molar-refractivity contribution >= 4 is 82.7 Å². The smallest absolute Gasteiger partial charge is 0.145 e. The number of fused-ring (bicyclic) bond motifs is 9. The second kappa shape index (κ2) is 12.9. The van der Waals surface area contributed by atoms with Crippen LogP contribution >= 0.6 is 0 Å². The minimum atomic E-state index is 0.841. The fourth-order valence-electron chi connectivity index (χ4n) is 9.17. The molecule has 0 saturated carbocycles. The van der Waals surface area contributed by atoms with E-state index in [1.54, 1.807) is 0 Å². The first-order valence-corrected chi connectivity index (χ1v) is 19.7. The molecule has 58 heavy (non-hydrogen) atoms. The van der Waals surface area contributed by atoms with E-state index in [0.717, 1.165) is 99.9 Å². The summed E-state index contributed by atoms with van der Waals surface area (Å²) < 4.78 is 15.8. The molecule has 272 valence electrons. The third kappa shape index (κ3) is 4.82. The molecule has 0 spiro atoms. The predicted octanol–water partition coefficient (Wildman–Crippen LogP) is 15.4. The lowest BCUT2D eigenvalue weighted by Crippen LogP contribution is -2.13. The average Bonchev–Trinajstić information content (AvgIpc) is 3.97. The largest absolute Gasteiger partial charge is 0.456 e. The maximum absolute atomic E-state index is 7.01. The van der Waals surface area contributed by atoms with Crippen LogP contribution in [0.1, 0.15) is 0 Å². The van der Waals surface area contributed by atoms with Gasteiger partial charge in [-0.2, -0.15) is 0 Å². The third-order valence-corrected chi connectivity index (χ3v) is 11.6. The van der Waals surface area contributed by atoms with Crippen molar-refractivity contribution in [3.63, 3.8) is 0 Å². The summed E-state index contributed by atoms with van der Waals surface area (Å²) in [6.45, 7) is 0. The van der Waals surface area contributed by atoms with Gasteiger partial charge in [0.1, 0.15) is 22.3 Å². The number of hydrogen-bond acceptors (Lipinski definition) is 3. The van der Waals surface area contributed by atoms with Crippen molar-refractivity contribution in [2.75, 3.05) is 4.90 Å². The number of para-hydroxylation sites is 7. The van der Waals surface area contributed by atoms with Crippen molar-refractivity contribution in [3.05, 3.63) is 206 Å². The fraction of sp³-hybridized carbons (Fsp3) is 0. The van der Waals surface area contributed by atoms with Crippen LogP contribution in [0.25, 0.3) is 93.6 Å². The van der Waals surface area contributed by atoms with Crippen LogP contribution in [0, 0.1) is 0 Å². The molecule has 0 unspecified atom stereocenters. The number of benzene rings is 9. The van der Waals surface area contributed by atoms with E-state index >= 15 is 0 Å². The number of furan rings is 2. The lowest BCUT2D eigenvalue weighted by atomic mass is 9.94. The summed E-state index contributed by atoms with van der Waals surface area (Å²) in [6.07, 6.45) is 0. The molecular weight excluding hydrogens is 709 g/mol. The summed E-state index contributed by atoms with van der Waals surface area (Å²) >= 11 is 0. The Morgan fingerprint density at radius 3 is 1.69 bits per heavy atom. The molecule has 0 bridgehead atoms. The Morgan fingerprint density at radius 1 is 0.345 bits per heavy atom. The molecular formula is C54H34N2O2. The molecule has 0 aliphatic rings. The highest BCUT2D eigenvalue weighted by atomic mass is 16.3. The number of nitrogens with zero attached hydrogens (tertiary/aromatic N) is 2. The lowest BCUT2D eigenvalue weighted by molar-refractivity contribution is 0.669. The minimum absolute atomic E-state index is 0.841. The lowest BCUT2D eigenvalue weighted by Gasteiger charge is -2.30. The van der Waals surface area contributed by atoms with Gasteiger partial charge in [-0.05, 0) is 72.3 Å². The van der Waals surface area contributed by atoms with Gasteiger partial charge in [0.05, 0.1) is 33.7 Å². The van der Waals surface area contributed by atoms with Crippen LogP contribution in [-0.2, 0) is 0 Å². The van der Waals surface area contributed by atoms with Crippen LogP contribution in [0.15, 0.2) is 215 Å². The molecule has 0 atom stereocenters. The normalized spacial score (nSPS) is 11.8. The zero-order valence-corrected chi connectivity index (χ0v) is 31.3. The van der Waals surface area contributed by atoms with Gasteiger partial charge in [0, 0.05) is 49.1 Å². The third-order valence-electron chi connectivity index (χ3n) is 11.6. The summed E-state index contributed by atoms with van der Waals surface area (Å²) in [4.78, 5) is 2.40. The van der Waals surface area contributed by atoms with E-state index < -0.39 is 0 Å². The van der Waals surface area contributed by atoms with Crippen molar-refractivity contribution in [1.82, 2.24) is 4.57 Å². The molecule has 0 radical (unpaired) electrons. The van der Waals surface area contributed by atoms with E-state index in [4.69, 9.17) is 8.83 Å². The van der Waals surface area contributed by atoms with Crippen molar-refractivity contribution in [3.8, 4) is 27.9 Å². The first-order valence-electron chi connectivity index (χ1n) is 19.7. The molecule has 0 amide bonds. The van der Waals surface area contributed by atoms with Crippen molar-refractivity contribution < 1.29 is 8.83 Å². The van der Waals surface area contributed by atoms with Crippen molar-refractivity contribution in [2.45, 2.75) is 0 Å². The highest BCUT2D eigenvalue weighted by molar-refractivity contribution is 6.17. The summed E-state index contributed by atoms with van der Waals surface area (Å²) in [5.41, 5.74) is 14.2. The summed E-state index contributed by atoms with van der Waals surface area (Å²) in [7, 11) is 0. The van der Waals surface area contributed by atoms with Crippen LogP contribution in [0.2, 0.25) is 0 Å². The van der Waals surface area contributed by atoms with E-state index in [2.05, 4.69) is 198 Å². The molecule has 4 nitrogen and oxygen atoms in total. The van der Waals surface area contributed by atoms with Gasteiger partial charge in [0.2, 0.25) is 0 Å². The molecule has 12 aromatic rings. The number of hydrogen-bond donors (Lipinski definition) is 0. The predicted molar refractivity (Wildman–Crippen MR) is 241 cm³/mol. The average molecular weight is 743 g/mol. The van der Waals surface area contributed by atoms with Crippen LogP contribution < -0.4 is 4.90 Å². The van der Waals surface area contributed by atoms with E-state index in [1.165, 1.54) is 10.8 Å². The zero-order valence-electron chi connectivity index (χ0n) is 31.3. The Bertz CT molecular complexity index is 3480. The highest BCUT2D eigenvalue weighted by Crippen LogP contribution is 2.51. The Balaban J connectivity index is 1.20. The van der Waals surface area contributed by atoms with Crippen molar-refractivity contribution in [2.24, 2.45) is 0 Å². The quantitative estimate of drug-likeness (QED) is 0.170. The number of anilines is 3. The molecule has 3 aromatic heterocycles. The van der Waals surface area contributed by atoms with E-state index in [-0.39, 0.29) is 0 Å². The second-order valence-corrected chi connectivity index (χ2v) is 14.8. The summed E-state index contributed by atoms with van der Waals surface area (Å²) in [5.74, 6) is 0. The first kappa shape index (κ1) is 32.4. The summed E-state index contributed by atoms with van der Waals surface area (Å²) in [6, 6.07) is 73.1. The van der Waals surface area contributed by atoms with Gasteiger partial charge in [0.25, 0.3) is 0 Å². The second-order valence-electron chi connectivity index (χ2n) is 14.8. The molecule has 0 aliphatic heterocycles. The zero-order chi connectivity index (χ0) is 38.2. The van der Waals surface area contributed by atoms with Gasteiger partial charge in [-0.1, -0.05) is 140 Å². The Labute approximate surface area is 334 Å². The topological polar surface area (TPSA) is 34.5 Å². The highest BCUT2D eigenvalue weighted by Gasteiger charge is 2.27.